The molecular formula is C20H25NO. The Hall–Kier alpha value is -2.09. The third-order valence-corrected chi connectivity index (χ3v) is 5.11. The van der Waals surface area contributed by atoms with E-state index in [1.165, 1.54) is 29.2 Å². The molecule has 1 aromatic rings. The van der Waals surface area contributed by atoms with Gasteiger partial charge in [0.1, 0.15) is 0 Å². The van der Waals surface area contributed by atoms with Crippen molar-refractivity contribution in [2.75, 3.05) is 5.32 Å². The van der Waals surface area contributed by atoms with E-state index >= 15 is 0 Å². The lowest BCUT2D eigenvalue weighted by molar-refractivity contribution is -0.114. The molecule has 1 aliphatic carbocycles. The lowest BCUT2D eigenvalue weighted by Gasteiger charge is -2.25. The fourth-order valence-electron chi connectivity index (χ4n) is 3.08. The van der Waals surface area contributed by atoms with Crippen LogP contribution >= 0.6 is 0 Å². The number of nitrogens with one attached hydrogen (secondary N) is 1. The number of benzene rings is 1. The molecule has 2 nitrogen and oxygen atoms in total. The van der Waals surface area contributed by atoms with Gasteiger partial charge in [0.2, 0.25) is 5.91 Å². The van der Waals surface area contributed by atoms with Crippen LogP contribution in [-0.2, 0) is 4.79 Å². The zero-order chi connectivity index (χ0) is 16.5. The summed E-state index contributed by atoms with van der Waals surface area (Å²) < 4.78 is 0. The monoisotopic (exact) mass is 295 g/mol. The van der Waals surface area contributed by atoms with E-state index in [4.69, 9.17) is 0 Å². The summed E-state index contributed by atoms with van der Waals surface area (Å²) in [5.41, 5.74) is 7.41. The number of para-hydroxylation sites is 1. The molecule has 1 N–H and O–H groups in total. The van der Waals surface area contributed by atoms with Gasteiger partial charge < -0.3 is 5.32 Å². The molecule has 0 fully saturated rings. The predicted molar refractivity (Wildman–Crippen MR) is 94.6 cm³/mol. The number of amides is 1. The Labute approximate surface area is 133 Å². The highest BCUT2D eigenvalue weighted by Crippen LogP contribution is 2.47. The van der Waals surface area contributed by atoms with Crippen LogP contribution in [0.3, 0.4) is 0 Å². The Kier molecular flexibility index (Phi) is 4.41. The summed E-state index contributed by atoms with van der Waals surface area (Å²) in [6.07, 6.45) is 4.36. The van der Waals surface area contributed by atoms with Gasteiger partial charge in [-0.1, -0.05) is 41.5 Å². The molecule has 22 heavy (non-hydrogen) atoms. The van der Waals surface area contributed by atoms with Crippen molar-refractivity contribution in [1.82, 2.24) is 0 Å². The first-order valence-electron chi connectivity index (χ1n) is 7.69. The minimum absolute atomic E-state index is 0.0441. The van der Waals surface area contributed by atoms with Gasteiger partial charge in [0.25, 0.3) is 0 Å². The molecule has 0 saturated heterocycles. The van der Waals surface area contributed by atoms with E-state index in [0.717, 1.165) is 11.3 Å². The molecule has 0 spiro atoms. The second kappa shape index (κ2) is 5.96. The van der Waals surface area contributed by atoms with Crippen LogP contribution in [0, 0.1) is 5.41 Å². The largest absolute Gasteiger partial charge is 0.326 e. The van der Waals surface area contributed by atoms with Gasteiger partial charge in [-0.25, -0.2) is 0 Å². The molecular weight excluding hydrogens is 270 g/mol. The highest BCUT2D eigenvalue weighted by Gasteiger charge is 2.33. The zero-order valence-corrected chi connectivity index (χ0v) is 14.4. The number of carbonyl (C=O) groups is 1. The molecule has 1 amide bonds. The van der Waals surface area contributed by atoms with Crippen LogP contribution in [0.1, 0.15) is 47.1 Å². The molecule has 0 saturated carbocycles. The maximum absolute atomic E-state index is 11.3. The summed E-state index contributed by atoms with van der Waals surface area (Å²) in [7, 11) is 0. The van der Waals surface area contributed by atoms with Crippen molar-refractivity contribution in [1.29, 1.82) is 0 Å². The fraction of sp³-hybridized carbons (Fsp3) is 0.350. The molecule has 0 radical (unpaired) electrons. The van der Waals surface area contributed by atoms with E-state index in [2.05, 4.69) is 52.1 Å². The number of anilines is 1. The first-order chi connectivity index (χ1) is 10.3. The molecule has 116 valence electrons. The summed E-state index contributed by atoms with van der Waals surface area (Å²) >= 11 is 0. The molecule has 0 aromatic heterocycles. The Morgan fingerprint density at radius 2 is 1.59 bits per heavy atom. The molecule has 2 heteroatoms. The average Bonchev–Trinajstić information content (AvgIpc) is 2.62. The molecule has 1 aromatic carbocycles. The Balaban J connectivity index is 2.40. The summed E-state index contributed by atoms with van der Waals surface area (Å²) in [6, 6.07) is 7.88. The van der Waals surface area contributed by atoms with Gasteiger partial charge in [-0.15, -0.1) is 0 Å². The van der Waals surface area contributed by atoms with Crippen molar-refractivity contribution >= 4 is 17.7 Å². The van der Waals surface area contributed by atoms with Gasteiger partial charge >= 0.3 is 0 Å². The summed E-state index contributed by atoms with van der Waals surface area (Å²) in [6.45, 7) is 12.6. The van der Waals surface area contributed by atoms with Crippen LogP contribution in [0.25, 0.3) is 6.08 Å². The molecule has 2 rings (SSSR count). The topological polar surface area (TPSA) is 29.1 Å². The van der Waals surface area contributed by atoms with Crippen LogP contribution in [0.15, 0.2) is 52.6 Å². The quantitative estimate of drug-likeness (QED) is 0.800. The maximum Gasteiger partial charge on any atom is 0.221 e. The van der Waals surface area contributed by atoms with E-state index in [-0.39, 0.29) is 11.3 Å². The van der Waals surface area contributed by atoms with Crippen molar-refractivity contribution in [2.45, 2.75) is 41.5 Å². The molecule has 0 aliphatic heterocycles. The number of rotatable bonds is 3. The zero-order valence-electron chi connectivity index (χ0n) is 14.4. The minimum Gasteiger partial charge on any atom is -0.326 e. The van der Waals surface area contributed by atoms with E-state index in [0.29, 0.717) is 0 Å². The van der Waals surface area contributed by atoms with Gasteiger partial charge in [0, 0.05) is 18.0 Å². The van der Waals surface area contributed by atoms with Gasteiger partial charge in [0.15, 0.2) is 0 Å². The summed E-state index contributed by atoms with van der Waals surface area (Å²) in [5.74, 6) is -0.0493. The van der Waals surface area contributed by atoms with Crippen LogP contribution in [0.4, 0.5) is 5.69 Å². The third-order valence-electron chi connectivity index (χ3n) is 5.11. The third kappa shape index (κ3) is 2.78. The van der Waals surface area contributed by atoms with Gasteiger partial charge in [0.05, 0.1) is 0 Å². The molecule has 0 atom stereocenters. The Morgan fingerprint density at radius 1 is 1.05 bits per heavy atom. The molecule has 1 aliphatic rings. The van der Waals surface area contributed by atoms with Crippen LogP contribution < -0.4 is 5.32 Å². The number of hydrogen-bond donors (Lipinski definition) is 1. The van der Waals surface area contributed by atoms with E-state index in [1.807, 2.05) is 24.3 Å². The summed E-state index contributed by atoms with van der Waals surface area (Å²) in [4.78, 5) is 11.3. The molecule has 0 bridgehead atoms. The fourth-order valence-corrected chi connectivity index (χ4v) is 3.08. The van der Waals surface area contributed by atoms with Crippen molar-refractivity contribution < 1.29 is 4.79 Å². The Bertz CT molecular complexity index is 680. The lowest BCUT2D eigenvalue weighted by Crippen LogP contribution is -2.14. The van der Waals surface area contributed by atoms with E-state index < -0.39 is 0 Å². The first-order valence-corrected chi connectivity index (χ1v) is 7.69. The second-order valence-corrected chi connectivity index (χ2v) is 6.30. The van der Waals surface area contributed by atoms with Crippen LogP contribution in [0.5, 0.6) is 0 Å². The average molecular weight is 295 g/mol. The van der Waals surface area contributed by atoms with E-state index in [9.17, 15) is 4.79 Å². The molecule has 0 unspecified atom stereocenters. The predicted octanol–water partition coefficient (Wildman–Crippen LogP) is 5.35. The van der Waals surface area contributed by atoms with Crippen LogP contribution in [0.2, 0.25) is 0 Å². The van der Waals surface area contributed by atoms with Crippen molar-refractivity contribution in [2.24, 2.45) is 5.41 Å². The Morgan fingerprint density at radius 3 is 2.14 bits per heavy atom. The smallest absolute Gasteiger partial charge is 0.221 e. The van der Waals surface area contributed by atoms with Crippen LogP contribution in [-0.4, -0.2) is 5.91 Å². The van der Waals surface area contributed by atoms with Crippen molar-refractivity contribution in [3.05, 3.63) is 58.2 Å². The van der Waals surface area contributed by atoms with Gasteiger partial charge in [-0.05, 0) is 57.4 Å². The minimum atomic E-state index is -0.0493. The molecule has 0 heterocycles. The maximum atomic E-state index is 11.3. The normalized spacial score (nSPS) is 17.5. The first kappa shape index (κ1) is 16.3. The van der Waals surface area contributed by atoms with Gasteiger partial charge in [-0.3, -0.25) is 4.79 Å². The van der Waals surface area contributed by atoms with Crippen molar-refractivity contribution in [3.8, 4) is 0 Å². The lowest BCUT2D eigenvalue weighted by atomic mass is 9.79. The highest BCUT2D eigenvalue weighted by atomic mass is 16.1. The number of allylic oxidation sites excluding steroid dienone is 5. The van der Waals surface area contributed by atoms with E-state index in [1.54, 1.807) is 0 Å². The highest BCUT2D eigenvalue weighted by molar-refractivity contribution is 5.91. The second-order valence-electron chi connectivity index (χ2n) is 6.30. The van der Waals surface area contributed by atoms with Crippen molar-refractivity contribution in [3.63, 3.8) is 0 Å². The number of hydrogen-bond acceptors (Lipinski definition) is 1. The number of carbonyl (C=O) groups excluding carboxylic acids is 1. The summed E-state index contributed by atoms with van der Waals surface area (Å²) in [5, 5.41) is 2.89. The standard InChI is InChI=1S/C20H25NO/c1-13-14(2)16(4)20(6,15(13)3)12-11-18-9-7-8-10-19(18)21-17(5)22/h7-12H,1-6H3,(H,21,22)/b12-11+. The van der Waals surface area contributed by atoms with Gasteiger partial charge in [-0.2, -0.15) is 0 Å². The SMILES string of the molecule is CC(=O)Nc1ccccc1/C=C/C1(C)C(C)=C(C)C(C)=C1C.